The lowest BCUT2D eigenvalue weighted by atomic mass is 10.0. The van der Waals surface area contributed by atoms with E-state index in [0.717, 1.165) is 41.6 Å². The fraction of sp³-hybridized carbons (Fsp3) is 0.516. The summed E-state index contributed by atoms with van der Waals surface area (Å²) in [5.41, 5.74) is 31.4. The second kappa shape index (κ2) is 35.3. The van der Waals surface area contributed by atoms with E-state index >= 15 is 4.39 Å². The Morgan fingerprint density at radius 2 is 0.708 bits per heavy atom. The number of H-pyrrole nitrogens is 3. The second-order valence-corrected chi connectivity index (χ2v) is 48.5. The van der Waals surface area contributed by atoms with E-state index in [1.54, 1.807) is 0 Å². The van der Waals surface area contributed by atoms with E-state index < -0.39 is 241 Å². The molecule has 11 aliphatic rings. The minimum Gasteiger partial charge on any atom is -0.389 e. The molecule has 0 radical (unpaired) electrons. The van der Waals surface area contributed by atoms with Gasteiger partial charge in [0.25, 0.3) is 16.7 Å². The number of rotatable bonds is 6. The van der Waals surface area contributed by atoms with Crippen molar-refractivity contribution in [3.05, 3.63) is 88.0 Å². The maximum atomic E-state index is 15.9. The van der Waals surface area contributed by atoms with Crippen molar-refractivity contribution in [2.75, 3.05) is 87.3 Å². The molecule has 23 rings (SSSR count). The molecule has 24 N–H and O–H groups in total. The van der Waals surface area contributed by atoms with E-state index in [-0.39, 0.29) is 93.2 Å². The van der Waals surface area contributed by atoms with Gasteiger partial charge in [-0.25, -0.2) is 77.9 Å². The predicted molar refractivity (Wildman–Crippen MR) is 474 cm³/mol. The summed E-state index contributed by atoms with van der Waals surface area (Å²) in [6.07, 6.45) is -10.2. The number of fused-ring (bicyclic) bond motifs is 13. The van der Waals surface area contributed by atoms with Crippen LogP contribution in [-0.2, 0) is 127 Å². The molecule has 10 bridgehead atoms. The number of anilines is 6. The number of nitrogen functional groups attached to an aromatic ring is 6. The van der Waals surface area contributed by atoms with Crippen molar-refractivity contribution in [2.45, 2.75) is 141 Å². The van der Waals surface area contributed by atoms with Gasteiger partial charge >= 0.3 is 43.6 Å². The number of aliphatic hydroxyl groups excluding tert-OH is 3. The molecule has 30 atom stereocenters. The van der Waals surface area contributed by atoms with E-state index in [4.69, 9.17) is 148 Å². The quantitative estimate of drug-likeness (QED) is 0.0752. The Labute approximate surface area is 786 Å². The number of hydrogen-bond acceptors (Lipinski definition) is 53. The van der Waals surface area contributed by atoms with Gasteiger partial charge in [0.15, 0.2) is 92.7 Å². The van der Waals surface area contributed by atoms with E-state index in [1.807, 2.05) is 0 Å². The number of thioether (sulfide) groups is 3. The molecule has 6 unspecified atom stereocenters. The van der Waals surface area contributed by atoms with Gasteiger partial charge in [0, 0.05) is 0 Å². The molecule has 62 nitrogen and oxygen atoms in total. The fourth-order valence-corrected chi connectivity index (χ4v) is 29.5. The monoisotopic (exact) mass is 2140 g/mol. The second-order valence-electron chi connectivity index (χ2n) is 31.8. The normalized spacial score (nSPS) is 39.0. The number of halogens is 1. The van der Waals surface area contributed by atoms with Crippen LogP contribution in [0, 0.1) is 0 Å². The molecule has 11 saturated heterocycles. The molecule has 12 aromatic heterocycles. The Morgan fingerprint density at radius 1 is 0.387 bits per heavy atom. The highest BCUT2D eigenvalue weighted by molar-refractivity contribution is 8.08. The van der Waals surface area contributed by atoms with Crippen molar-refractivity contribution < 1.29 is 141 Å². The van der Waals surface area contributed by atoms with Gasteiger partial charge in [-0.1, -0.05) is 0 Å². The van der Waals surface area contributed by atoms with Crippen LogP contribution in [0.4, 0.5) is 39.7 Å². The van der Waals surface area contributed by atoms with Crippen LogP contribution in [0.3, 0.4) is 0 Å². The summed E-state index contributed by atoms with van der Waals surface area (Å²) in [4.78, 5) is 172. The lowest BCUT2D eigenvalue weighted by molar-refractivity contribution is -0.183. The standard InChI is InChI=1S/2C21H24N10O11P2S2.C20H23FN10O10P2S2/c2*22-14-8-15(25-4-24-14)30(5-26-8)18-12-13-21(40-18,2-37-12)3-39-44(36,45)41-11-10(32)7(1-38-43(34,35)42-13)46-19(11)31-6-27-9-16(31)28-20(23)29-17(9)33;21-8-12-6(39-18(8)30-4-26-9-14(22)24-3-25-15(9)30)1-38-43(36,44)41-13-11(32)7(2-37-42(34,35)40-12)45-19(13)31-5-27-10-16(31)28-20(23)29-17(10)33/h2*4-7,10-13,18-19,32H,1-3H2,(H,34,35)(H,36,45)(H2,22,24,25)(H3,23,28,29,33);3-8,11-13,18-19,32H,1-2H2,(H,34,35)(H,36,44)(H2,22,24,25)(H3,23,28,29,33)/t2*7-,10-,11-,12-,13+,18-,19-,21-,44?;6-,7-,8+,11-,12-,13-,18-,19-,43?/m111/s1. The van der Waals surface area contributed by atoms with Gasteiger partial charge in [-0.2, -0.15) is 15.0 Å². The van der Waals surface area contributed by atoms with Crippen LogP contribution in [0.2, 0.25) is 0 Å². The van der Waals surface area contributed by atoms with Gasteiger partial charge < -0.3 is 116 Å². The molecule has 734 valence electrons. The Kier molecular flexibility index (Phi) is 24.5. The topological polar surface area (TPSA) is 868 Å². The number of nitrogens with two attached hydrogens (primary N) is 6. The first-order chi connectivity index (χ1) is 65.0. The molecule has 0 amide bonds. The molecule has 11 aliphatic heterocycles. The van der Waals surface area contributed by atoms with Crippen molar-refractivity contribution in [2.24, 2.45) is 0 Å². The lowest BCUT2D eigenvalue weighted by Gasteiger charge is -2.33. The fourth-order valence-electron chi connectivity index (χ4n) is 17.2. The number of nitrogens with one attached hydrogen (secondary N) is 3. The third kappa shape index (κ3) is 17.4. The molecule has 23 heterocycles. The number of imidazole rings is 6. The van der Waals surface area contributed by atoms with Crippen molar-refractivity contribution in [3.8, 4) is 0 Å². The molecular formula is C62H71FN30O32P6S6. The van der Waals surface area contributed by atoms with Crippen LogP contribution >= 0.6 is 78.9 Å². The third-order valence-electron chi connectivity index (χ3n) is 23.4. The summed E-state index contributed by atoms with van der Waals surface area (Å²) in [5.74, 6) is -0.289. The highest BCUT2D eigenvalue weighted by Gasteiger charge is 2.69. The van der Waals surface area contributed by atoms with Gasteiger partial charge in [0.1, 0.15) is 118 Å². The smallest absolute Gasteiger partial charge is 0.389 e. The molecular weight excluding hydrogens is 2070 g/mol. The van der Waals surface area contributed by atoms with Crippen LogP contribution in [0.15, 0.2) is 71.3 Å². The van der Waals surface area contributed by atoms with Gasteiger partial charge in [0.2, 0.25) is 17.8 Å². The number of hydrogen-bond donors (Lipinski definition) is 18. The first kappa shape index (κ1) is 95.3. The largest absolute Gasteiger partial charge is 0.472 e. The molecule has 11 fully saturated rings. The minimum absolute atomic E-state index is 0.0295. The number of alkyl halides is 1. The molecule has 137 heavy (non-hydrogen) atoms. The summed E-state index contributed by atoms with van der Waals surface area (Å²) in [6, 6.07) is 0. The van der Waals surface area contributed by atoms with E-state index in [2.05, 4.69) is 89.7 Å². The number of nitrogens with zero attached hydrogens (tertiary/aromatic N) is 21. The first-order valence-corrected chi connectivity index (χ1v) is 54.9. The highest BCUT2D eigenvalue weighted by Crippen LogP contribution is 2.64. The molecule has 0 aliphatic carbocycles. The van der Waals surface area contributed by atoms with Crippen LogP contribution in [0.25, 0.3) is 67.0 Å². The van der Waals surface area contributed by atoms with E-state index in [1.165, 1.54) is 78.0 Å². The van der Waals surface area contributed by atoms with Crippen molar-refractivity contribution in [1.82, 2.24) is 117 Å². The average molecular weight is 2150 g/mol. The summed E-state index contributed by atoms with van der Waals surface area (Å²) in [5, 5.41) is 28.1. The van der Waals surface area contributed by atoms with Crippen molar-refractivity contribution >= 4 is 217 Å². The molecule has 0 spiro atoms. The molecule has 0 saturated carbocycles. The summed E-state index contributed by atoms with van der Waals surface area (Å²) in [6.45, 7) is -16.4. The number of phosphoric ester groups is 3. The summed E-state index contributed by atoms with van der Waals surface area (Å²) < 4.78 is 162. The first-order valence-electron chi connectivity index (χ1n) is 39.8. The number of aromatic nitrogens is 24. The summed E-state index contributed by atoms with van der Waals surface area (Å²) >= 11 is 19.0. The lowest BCUT2D eigenvalue weighted by Crippen LogP contribution is -2.45. The number of aromatic amines is 3. The van der Waals surface area contributed by atoms with Gasteiger partial charge in [-0.3, -0.25) is 97.5 Å². The molecule has 0 aromatic carbocycles. The number of ether oxygens (including phenoxy) is 5. The van der Waals surface area contributed by atoms with Gasteiger partial charge in [-0.15, -0.1) is 35.3 Å². The molecule has 75 heteroatoms. The third-order valence-corrected chi connectivity index (χ3v) is 35.6. The maximum absolute atomic E-state index is 15.9. The van der Waals surface area contributed by atoms with Crippen LogP contribution < -0.4 is 51.1 Å². The number of aliphatic hydroxyl groups is 3. The highest BCUT2D eigenvalue weighted by atomic mass is 32.5. The Morgan fingerprint density at radius 3 is 1.07 bits per heavy atom. The zero-order chi connectivity index (χ0) is 96.2. The van der Waals surface area contributed by atoms with Gasteiger partial charge in [0.05, 0.1) is 125 Å². The van der Waals surface area contributed by atoms with Crippen LogP contribution in [-0.4, -0.2) is 321 Å². The molecule has 12 aromatic rings. The van der Waals surface area contributed by atoms with Crippen molar-refractivity contribution in [1.29, 1.82) is 0 Å². The predicted octanol–water partition coefficient (Wildman–Crippen LogP) is -2.73. The SMILES string of the molecule is Nc1nc2c(ncn2[C@@H]2S[C@@H]3COP(=O)(O)O[C@H]4[C@H](F)[C@H](n5cnc6c(N)ncnc65)O[C@@H]4COP(O)(=S)O[C@@H]2[C@@H]3O)c(=O)[nH]1.Nc1nc2c(ncn2[C@@H]2S[C@@H]3COP(=O)(O)O[C@H]4[C@H]5OC[C@]4(COP(O)(=S)O[C@@H]2[C@@H]3O)O[C@H]5n2cnc3c(N)ncnc32)c(=O)[nH]1.Nc1nc2c(ncn2[C@@H]2S[C@@H]3COP(=O)(O)O[C@H]4[C@H]5OC[C@]4(COP(O)(=S)O[C@@H]2[C@@H]3O)O[C@H]5n2cnc3c(N)ncnc32)c(=O)[nH]1. The number of phosphoric acid groups is 3. The van der Waals surface area contributed by atoms with Gasteiger partial charge in [-0.05, 0) is 35.4 Å². The Balaban J connectivity index is 0.000000123. The Hall–Kier alpha value is -7.92. The van der Waals surface area contributed by atoms with Crippen LogP contribution in [0.1, 0.15) is 34.8 Å². The van der Waals surface area contributed by atoms with E-state index in [9.17, 15) is 72.8 Å². The maximum Gasteiger partial charge on any atom is 0.472 e. The zero-order valence-corrected chi connectivity index (χ0v) is 78.6. The zero-order valence-electron chi connectivity index (χ0n) is 68.3. The van der Waals surface area contributed by atoms with Crippen molar-refractivity contribution in [3.63, 3.8) is 0 Å². The Bertz CT molecular complexity index is 7060. The average Bonchev–Trinajstić information content (AvgIpc) is 1.56. The van der Waals surface area contributed by atoms with Crippen LogP contribution in [0.5, 0.6) is 0 Å². The minimum atomic E-state index is -5.03. The summed E-state index contributed by atoms with van der Waals surface area (Å²) in [7, 11) is -14.8. The van der Waals surface area contributed by atoms with E-state index in [0.29, 0.717) is 22.3 Å².